The summed E-state index contributed by atoms with van der Waals surface area (Å²) < 4.78 is 5.75. The highest BCUT2D eigenvalue weighted by molar-refractivity contribution is 4.96. The quantitative estimate of drug-likeness (QED) is 0.843. The van der Waals surface area contributed by atoms with E-state index in [2.05, 4.69) is 31.0 Å². The molecule has 3 fully saturated rings. The third-order valence-corrected chi connectivity index (χ3v) is 5.45. The Kier molecular flexibility index (Phi) is 4.16. The van der Waals surface area contributed by atoms with Crippen molar-refractivity contribution in [1.82, 2.24) is 10.2 Å². The van der Waals surface area contributed by atoms with Gasteiger partial charge in [-0.05, 0) is 43.9 Å². The van der Waals surface area contributed by atoms with Crippen molar-refractivity contribution in [3.05, 3.63) is 0 Å². The van der Waals surface area contributed by atoms with Crippen LogP contribution in [0.3, 0.4) is 0 Å². The van der Waals surface area contributed by atoms with E-state index in [4.69, 9.17) is 4.74 Å². The number of rotatable bonds is 4. The van der Waals surface area contributed by atoms with Gasteiger partial charge >= 0.3 is 0 Å². The molecule has 1 N–H and O–H groups in total. The average molecular weight is 266 g/mol. The zero-order valence-corrected chi connectivity index (χ0v) is 12.8. The van der Waals surface area contributed by atoms with Gasteiger partial charge in [-0.3, -0.25) is 4.90 Å². The summed E-state index contributed by atoms with van der Waals surface area (Å²) >= 11 is 0. The Morgan fingerprint density at radius 2 is 2.05 bits per heavy atom. The van der Waals surface area contributed by atoms with Crippen LogP contribution in [0.5, 0.6) is 0 Å². The molecule has 1 aliphatic carbocycles. The van der Waals surface area contributed by atoms with Crippen molar-refractivity contribution in [1.29, 1.82) is 0 Å². The highest BCUT2D eigenvalue weighted by Crippen LogP contribution is 2.35. The summed E-state index contributed by atoms with van der Waals surface area (Å²) in [5.74, 6) is 2.46. The topological polar surface area (TPSA) is 24.5 Å². The molecule has 0 radical (unpaired) electrons. The first-order chi connectivity index (χ1) is 9.15. The van der Waals surface area contributed by atoms with E-state index in [0.29, 0.717) is 12.1 Å². The molecule has 110 valence electrons. The number of ether oxygens (including phenoxy) is 1. The second-order valence-corrected chi connectivity index (χ2v) is 7.24. The molecule has 0 aromatic heterocycles. The fourth-order valence-electron chi connectivity index (χ4n) is 3.85. The van der Waals surface area contributed by atoms with Crippen molar-refractivity contribution < 1.29 is 4.74 Å². The second kappa shape index (κ2) is 5.71. The highest BCUT2D eigenvalue weighted by Gasteiger charge is 2.39. The van der Waals surface area contributed by atoms with Crippen molar-refractivity contribution >= 4 is 0 Å². The Morgan fingerprint density at radius 1 is 1.26 bits per heavy atom. The highest BCUT2D eigenvalue weighted by atomic mass is 16.5. The maximum Gasteiger partial charge on any atom is 0.0588 e. The molecule has 4 atom stereocenters. The van der Waals surface area contributed by atoms with Crippen molar-refractivity contribution in [2.45, 2.75) is 58.2 Å². The molecule has 19 heavy (non-hydrogen) atoms. The molecule has 3 nitrogen and oxygen atoms in total. The Hall–Kier alpha value is -0.120. The molecule has 0 aromatic rings. The van der Waals surface area contributed by atoms with Gasteiger partial charge in [-0.15, -0.1) is 0 Å². The first-order valence-electron chi connectivity index (χ1n) is 8.24. The van der Waals surface area contributed by atoms with Crippen LogP contribution < -0.4 is 5.32 Å². The third kappa shape index (κ3) is 3.14. The van der Waals surface area contributed by atoms with Gasteiger partial charge in [-0.1, -0.05) is 13.8 Å². The third-order valence-electron chi connectivity index (χ3n) is 5.45. The van der Waals surface area contributed by atoms with E-state index < -0.39 is 0 Å². The van der Waals surface area contributed by atoms with Gasteiger partial charge in [-0.25, -0.2) is 0 Å². The van der Waals surface area contributed by atoms with Gasteiger partial charge in [0.05, 0.1) is 6.10 Å². The molecule has 0 amide bonds. The van der Waals surface area contributed by atoms with E-state index in [1.807, 2.05) is 0 Å². The fraction of sp³-hybridized carbons (Fsp3) is 1.00. The summed E-state index contributed by atoms with van der Waals surface area (Å²) in [4.78, 5) is 2.78. The van der Waals surface area contributed by atoms with Crippen LogP contribution in [0.25, 0.3) is 0 Å². The maximum atomic E-state index is 5.75. The van der Waals surface area contributed by atoms with Crippen molar-refractivity contribution in [2.75, 3.05) is 26.2 Å². The first kappa shape index (κ1) is 13.8. The van der Waals surface area contributed by atoms with Crippen molar-refractivity contribution in [2.24, 2.45) is 17.8 Å². The van der Waals surface area contributed by atoms with Crippen molar-refractivity contribution in [3.8, 4) is 0 Å². The Labute approximate surface area is 118 Å². The molecule has 2 aliphatic heterocycles. The number of piperazine rings is 1. The van der Waals surface area contributed by atoms with Gasteiger partial charge in [0.2, 0.25) is 0 Å². The number of nitrogens with one attached hydrogen (secondary N) is 1. The Morgan fingerprint density at radius 3 is 2.63 bits per heavy atom. The van der Waals surface area contributed by atoms with Crippen LogP contribution in [0.1, 0.15) is 40.0 Å². The van der Waals surface area contributed by atoms with Crippen LogP contribution in [0.2, 0.25) is 0 Å². The molecule has 4 unspecified atom stereocenters. The predicted octanol–water partition coefficient (Wildman–Crippen LogP) is 2.12. The zero-order valence-electron chi connectivity index (χ0n) is 12.8. The van der Waals surface area contributed by atoms with Crippen LogP contribution in [0.4, 0.5) is 0 Å². The molecular weight excluding hydrogens is 236 g/mol. The van der Waals surface area contributed by atoms with Gasteiger partial charge in [0, 0.05) is 38.3 Å². The average Bonchev–Trinajstić information content (AvgIpc) is 3.15. The maximum absolute atomic E-state index is 5.75. The summed E-state index contributed by atoms with van der Waals surface area (Å²) in [7, 11) is 0. The second-order valence-electron chi connectivity index (χ2n) is 7.24. The van der Waals surface area contributed by atoms with E-state index in [0.717, 1.165) is 30.4 Å². The van der Waals surface area contributed by atoms with Crippen molar-refractivity contribution in [3.63, 3.8) is 0 Å². The lowest BCUT2D eigenvalue weighted by Crippen LogP contribution is -2.60. The molecule has 3 rings (SSSR count). The van der Waals surface area contributed by atoms with Gasteiger partial charge in [-0.2, -0.15) is 0 Å². The molecule has 2 saturated heterocycles. The minimum atomic E-state index is 0.460. The first-order valence-corrected chi connectivity index (χ1v) is 8.24. The smallest absolute Gasteiger partial charge is 0.0588 e. The molecule has 2 heterocycles. The fourth-order valence-corrected chi connectivity index (χ4v) is 3.85. The van der Waals surface area contributed by atoms with Crippen LogP contribution >= 0.6 is 0 Å². The minimum absolute atomic E-state index is 0.460. The standard InChI is InChI=1S/C16H30N2O/c1-11(2)16-8-17-15(13-4-5-13)10-18(16)9-14-6-7-19-12(14)3/h11-17H,4-10H2,1-3H3. The number of hydrogen-bond acceptors (Lipinski definition) is 3. The summed E-state index contributed by atoms with van der Waals surface area (Å²) in [5, 5.41) is 3.81. The number of hydrogen-bond donors (Lipinski definition) is 1. The molecular formula is C16H30N2O. The van der Waals surface area contributed by atoms with Crippen LogP contribution in [0.15, 0.2) is 0 Å². The van der Waals surface area contributed by atoms with Gasteiger partial charge in [0.25, 0.3) is 0 Å². The molecule has 0 bridgehead atoms. The van der Waals surface area contributed by atoms with Gasteiger partial charge in [0.1, 0.15) is 0 Å². The largest absolute Gasteiger partial charge is 0.378 e. The van der Waals surface area contributed by atoms with E-state index in [-0.39, 0.29) is 0 Å². The van der Waals surface area contributed by atoms with Gasteiger partial charge in [0.15, 0.2) is 0 Å². The van der Waals surface area contributed by atoms with E-state index in [1.165, 1.54) is 38.9 Å². The summed E-state index contributed by atoms with van der Waals surface area (Å²) in [6.45, 7) is 11.6. The van der Waals surface area contributed by atoms with E-state index in [9.17, 15) is 0 Å². The summed E-state index contributed by atoms with van der Waals surface area (Å²) in [6, 6.07) is 1.47. The lowest BCUT2D eigenvalue weighted by Gasteiger charge is -2.44. The molecule has 0 spiro atoms. The zero-order chi connectivity index (χ0) is 13.4. The molecule has 3 heteroatoms. The van der Waals surface area contributed by atoms with Gasteiger partial charge < -0.3 is 10.1 Å². The van der Waals surface area contributed by atoms with Crippen LogP contribution in [-0.2, 0) is 4.74 Å². The Balaban J connectivity index is 1.62. The lowest BCUT2D eigenvalue weighted by molar-refractivity contribution is 0.0506. The Bertz CT molecular complexity index is 303. The SMILES string of the molecule is CC(C)C1CNC(C2CC2)CN1CC1CCOC1C. The summed E-state index contributed by atoms with van der Waals surface area (Å²) in [5.41, 5.74) is 0. The minimum Gasteiger partial charge on any atom is -0.378 e. The molecule has 0 aromatic carbocycles. The molecule has 1 saturated carbocycles. The predicted molar refractivity (Wildman–Crippen MR) is 78.2 cm³/mol. The van der Waals surface area contributed by atoms with Crippen LogP contribution in [-0.4, -0.2) is 49.3 Å². The van der Waals surface area contributed by atoms with Crippen LogP contribution in [0, 0.1) is 17.8 Å². The molecule has 3 aliphatic rings. The van der Waals surface area contributed by atoms with E-state index in [1.54, 1.807) is 0 Å². The monoisotopic (exact) mass is 266 g/mol. The lowest BCUT2D eigenvalue weighted by atomic mass is 9.93. The number of nitrogens with zero attached hydrogens (tertiary/aromatic N) is 1. The summed E-state index contributed by atoms with van der Waals surface area (Å²) in [6.07, 6.45) is 4.60. The van der Waals surface area contributed by atoms with E-state index >= 15 is 0 Å². The normalized spacial score (nSPS) is 41.1.